The Kier molecular flexibility index (Phi) is 7.49. The van der Waals surface area contributed by atoms with Gasteiger partial charge in [-0.15, -0.1) is 5.73 Å². The Balaban J connectivity index is 1.71. The second-order valence-electron chi connectivity index (χ2n) is 8.57. The maximum atomic E-state index is 15.8. The highest BCUT2D eigenvalue weighted by molar-refractivity contribution is 6.02. The molecule has 0 amide bonds. The average Bonchev–Trinajstić information content (AvgIpc) is 2.87. The van der Waals surface area contributed by atoms with Gasteiger partial charge in [-0.2, -0.15) is 0 Å². The molecule has 0 saturated carbocycles. The molecule has 3 aromatic rings. The molecule has 0 atom stereocenters. The van der Waals surface area contributed by atoms with Crippen LogP contribution in [-0.2, 0) is 13.0 Å². The summed E-state index contributed by atoms with van der Waals surface area (Å²) in [5.41, 5.74) is 8.11. The van der Waals surface area contributed by atoms with Crippen molar-refractivity contribution in [1.29, 1.82) is 0 Å². The van der Waals surface area contributed by atoms with Crippen LogP contribution in [0.3, 0.4) is 0 Å². The molecular formula is C30H30FN3O. The highest BCUT2D eigenvalue weighted by Gasteiger charge is 2.30. The van der Waals surface area contributed by atoms with Crippen LogP contribution < -0.4 is 4.74 Å². The van der Waals surface area contributed by atoms with E-state index in [9.17, 15) is 0 Å². The van der Waals surface area contributed by atoms with Crippen LogP contribution in [0.5, 0.6) is 5.75 Å². The van der Waals surface area contributed by atoms with E-state index in [0.29, 0.717) is 17.9 Å². The van der Waals surface area contributed by atoms with E-state index in [-0.39, 0.29) is 12.4 Å². The van der Waals surface area contributed by atoms with Gasteiger partial charge in [-0.25, -0.2) is 9.38 Å². The molecule has 0 aliphatic carbocycles. The second kappa shape index (κ2) is 10.9. The van der Waals surface area contributed by atoms with Gasteiger partial charge in [0.05, 0.1) is 17.0 Å². The zero-order valence-corrected chi connectivity index (χ0v) is 20.5. The van der Waals surface area contributed by atoms with E-state index in [1.165, 1.54) is 5.56 Å². The zero-order chi connectivity index (χ0) is 24.8. The summed E-state index contributed by atoms with van der Waals surface area (Å²) in [7, 11) is 3.93. The first-order chi connectivity index (χ1) is 17.0. The van der Waals surface area contributed by atoms with Crippen LogP contribution in [0.1, 0.15) is 23.6 Å². The van der Waals surface area contributed by atoms with Crippen molar-refractivity contribution >= 4 is 5.84 Å². The van der Waals surface area contributed by atoms with Crippen LogP contribution in [-0.4, -0.2) is 36.3 Å². The third-order valence-electron chi connectivity index (χ3n) is 5.89. The fourth-order valence-electron chi connectivity index (χ4n) is 4.23. The molecule has 0 spiro atoms. The number of ether oxygens (including phenoxy) is 1. The van der Waals surface area contributed by atoms with Gasteiger partial charge < -0.3 is 14.5 Å². The predicted molar refractivity (Wildman–Crippen MR) is 140 cm³/mol. The summed E-state index contributed by atoms with van der Waals surface area (Å²) in [5, 5.41) is 0. The highest BCUT2D eigenvalue weighted by atomic mass is 19.1. The normalized spacial score (nSPS) is 13.4. The van der Waals surface area contributed by atoms with Crippen molar-refractivity contribution in [2.75, 3.05) is 20.6 Å². The maximum Gasteiger partial charge on any atom is 0.176 e. The summed E-state index contributed by atoms with van der Waals surface area (Å²) < 4.78 is 21.7. The summed E-state index contributed by atoms with van der Waals surface area (Å²) in [6.45, 7) is 6.76. The topological polar surface area (TPSA) is 28.1 Å². The van der Waals surface area contributed by atoms with Crippen LogP contribution in [0.2, 0.25) is 0 Å². The number of benzene rings is 3. The predicted octanol–water partition coefficient (Wildman–Crippen LogP) is 6.17. The van der Waals surface area contributed by atoms with E-state index in [1.54, 1.807) is 18.2 Å². The highest BCUT2D eigenvalue weighted by Crippen LogP contribution is 2.31. The minimum Gasteiger partial charge on any atom is -0.486 e. The van der Waals surface area contributed by atoms with E-state index in [4.69, 9.17) is 9.73 Å². The largest absolute Gasteiger partial charge is 0.486 e. The van der Waals surface area contributed by atoms with Crippen molar-refractivity contribution in [3.05, 3.63) is 131 Å². The summed E-state index contributed by atoms with van der Waals surface area (Å²) >= 11 is 0. The molecule has 0 aromatic heterocycles. The zero-order valence-electron chi connectivity index (χ0n) is 20.5. The molecule has 0 saturated heterocycles. The Bertz CT molecular complexity index is 1290. The Morgan fingerprint density at radius 3 is 2.23 bits per heavy atom. The Morgan fingerprint density at radius 2 is 1.60 bits per heavy atom. The Labute approximate surface area is 207 Å². The number of likely N-dealkylation sites (N-methyl/N-ethyl adjacent to an activating group) is 1. The minimum absolute atomic E-state index is 0.196. The summed E-state index contributed by atoms with van der Waals surface area (Å²) in [6.07, 6.45) is 0.761. The van der Waals surface area contributed by atoms with Gasteiger partial charge in [0.25, 0.3) is 0 Å². The molecule has 1 aliphatic rings. The van der Waals surface area contributed by atoms with Gasteiger partial charge in [-0.05, 0) is 36.6 Å². The lowest BCUT2D eigenvalue weighted by Gasteiger charge is -2.35. The number of hydrogen-bond acceptors (Lipinski definition) is 4. The minimum atomic E-state index is -0.434. The van der Waals surface area contributed by atoms with Crippen LogP contribution in [0.4, 0.5) is 4.39 Å². The van der Waals surface area contributed by atoms with Crippen LogP contribution in [0.15, 0.2) is 113 Å². The number of hydrogen-bond donors (Lipinski definition) is 0. The van der Waals surface area contributed by atoms with Gasteiger partial charge in [0.15, 0.2) is 11.6 Å². The molecule has 4 nitrogen and oxygen atoms in total. The Morgan fingerprint density at radius 1 is 0.943 bits per heavy atom. The van der Waals surface area contributed by atoms with Gasteiger partial charge in [-0.3, -0.25) is 0 Å². The molecular weight excluding hydrogens is 437 g/mol. The molecule has 1 aliphatic heterocycles. The molecule has 0 N–H and O–H groups in total. The molecule has 3 aromatic carbocycles. The standard InChI is InChI=1S/C30H30FN3O/c1-5-26-29(33(3)4)22(2)32-30(34(26)20-19-23-13-8-6-9-14-23)25-17-12-18-27(28(25)31)35-21-24-15-10-7-11-16-24/h6-18H,1,19-21H2,2-4H3. The molecule has 5 heteroatoms. The monoisotopic (exact) mass is 467 g/mol. The number of amidine groups is 1. The summed E-state index contributed by atoms with van der Waals surface area (Å²) in [5.74, 6) is 0.287. The lowest BCUT2D eigenvalue weighted by Crippen LogP contribution is -2.39. The van der Waals surface area contributed by atoms with Gasteiger partial charge in [0.2, 0.25) is 0 Å². The fourth-order valence-corrected chi connectivity index (χ4v) is 4.23. The molecule has 1 heterocycles. The van der Waals surface area contributed by atoms with Crippen molar-refractivity contribution in [3.63, 3.8) is 0 Å². The van der Waals surface area contributed by atoms with E-state index >= 15 is 4.39 Å². The van der Waals surface area contributed by atoms with Crippen molar-refractivity contribution < 1.29 is 9.13 Å². The van der Waals surface area contributed by atoms with E-state index in [1.807, 2.05) is 79.3 Å². The lowest BCUT2D eigenvalue weighted by molar-refractivity contribution is 0.290. The molecule has 0 radical (unpaired) electrons. The maximum absolute atomic E-state index is 15.8. The van der Waals surface area contributed by atoms with E-state index < -0.39 is 5.82 Å². The first-order valence-corrected chi connectivity index (χ1v) is 11.6. The van der Waals surface area contributed by atoms with Crippen molar-refractivity contribution in [3.8, 4) is 5.75 Å². The third kappa shape index (κ3) is 5.37. The van der Waals surface area contributed by atoms with Gasteiger partial charge in [-0.1, -0.05) is 73.3 Å². The second-order valence-corrected chi connectivity index (χ2v) is 8.57. The van der Waals surface area contributed by atoms with Crippen LogP contribution in [0, 0.1) is 5.82 Å². The van der Waals surface area contributed by atoms with Gasteiger partial charge >= 0.3 is 0 Å². The number of rotatable bonds is 8. The SMILES string of the molecule is C=C=C1C(N(C)C)=C(C)N=C(c2cccc(OCc3ccccc3)c2F)N1CCc1ccccc1. The van der Waals surface area contributed by atoms with Gasteiger partial charge in [0, 0.05) is 20.6 Å². The smallest absolute Gasteiger partial charge is 0.176 e. The number of nitrogens with zero attached hydrogens (tertiary/aromatic N) is 3. The van der Waals surface area contributed by atoms with E-state index in [0.717, 1.165) is 29.1 Å². The molecule has 0 bridgehead atoms. The number of aliphatic imine (C=N–C) groups is 1. The fraction of sp³-hybridized carbons (Fsp3) is 0.200. The van der Waals surface area contributed by atoms with Crippen LogP contribution >= 0.6 is 0 Å². The number of allylic oxidation sites excluding steroid dienone is 1. The molecule has 178 valence electrons. The molecule has 0 fully saturated rings. The summed E-state index contributed by atoms with van der Waals surface area (Å²) in [4.78, 5) is 8.86. The first-order valence-electron chi connectivity index (χ1n) is 11.6. The van der Waals surface area contributed by atoms with Crippen molar-refractivity contribution in [1.82, 2.24) is 9.80 Å². The first kappa shape index (κ1) is 24.1. The average molecular weight is 468 g/mol. The van der Waals surface area contributed by atoms with E-state index in [2.05, 4.69) is 24.4 Å². The molecule has 4 rings (SSSR count). The third-order valence-corrected chi connectivity index (χ3v) is 5.89. The number of halogens is 1. The Hall–Kier alpha value is -4.08. The molecule has 35 heavy (non-hydrogen) atoms. The molecule has 0 unspecified atom stereocenters. The van der Waals surface area contributed by atoms with Gasteiger partial charge in [0.1, 0.15) is 18.1 Å². The van der Waals surface area contributed by atoms with Crippen molar-refractivity contribution in [2.24, 2.45) is 4.99 Å². The van der Waals surface area contributed by atoms with Crippen LogP contribution in [0.25, 0.3) is 0 Å². The quantitative estimate of drug-likeness (QED) is 0.371. The summed E-state index contributed by atoms with van der Waals surface area (Å²) in [6, 6.07) is 25.1. The lowest BCUT2D eigenvalue weighted by atomic mass is 10.1. The van der Waals surface area contributed by atoms with Crippen molar-refractivity contribution in [2.45, 2.75) is 20.0 Å².